The smallest absolute Gasteiger partial charge is 0.0598 e. The molecule has 0 fully saturated rings. The third-order valence-corrected chi connectivity index (χ3v) is 3.09. The second-order valence-electron chi connectivity index (χ2n) is 3.37. The Hall–Kier alpha value is -1.09. The van der Waals surface area contributed by atoms with Crippen molar-refractivity contribution in [3.05, 3.63) is 52.3 Å². The second kappa shape index (κ2) is 4.83. The van der Waals surface area contributed by atoms with Crippen molar-refractivity contribution in [2.24, 2.45) is 5.73 Å². The van der Waals surface area contributed by atoms with Gasteiger partial charge in [0.1, 0.15) is 0 Å². The number of hydrogen-bond acceptors (Lipinski definition) is 2. The maximum atomic E-state index is 5.98. The van der Waals surface area contributed by atoms with E-state index in [0.29, 0.717) is 16.6 Å². The highest BCUT2D eigenvalue weighted by Crippen LogP contribution is 2.29. The molecular formula is C12H10Cl2N2. The van der Waals surface area contributed by atoms with Crippen LogP contribution in [0, 0.1) is 0 Å². The molecule has 2 N–H and O–H groups in total. The second-order valence-corrected chi connectivity index (χ2v) is 4.18. The zero-order valence-corrected chi connectivity index (χ0v) is 9.96. The number of hydrogen-bond donors (Lipinski definition) is 1. The van der Waals surface area contributed by atoms with Crippen LogP contribution < -0.4 is 5.73 Å². The van der Waals surface area contributed by atoms with Gasteiger partial charge in [0.25, 0.3) is 0 Å². The summed E-state index contributed by atoms with van der Waals surface area (Å²) in [4.78, 5) is 4.04. The normalized spacial score (nSPS) is 10.4. The van der Waals surface area contributed by atoms with Gasteiger partial charge in [-0.25, -0.2) is 0 Å². The Kier molecular flexibility index (Phi) is 3.44. The maximum Gasteiger partial charge on any atom is 0.0598 e. The first-order valence-corrected chi connectivity index (χ1v) is 5.56. The lowest BCUT2D eigenvalue weighted by Crippen LogP contribution is -1.99. The van der Waals surface area contributed by atoms with Crippen molar-refractivity contribution in [2.75, 3.05) is 0 Å². The highest BCUT2D eigenvalue weighted by atomic mass is 35.5. The molecule has 1 aromatic carbocycles. The number of pyridine rings is 1. The third-order valence-electron chi connectivity index (χ3n) is 2.35. The minimum Gasteiger partial charge on any atom is -0.326 e. The lowest BCUT2D eigenvalue weighted by Gasteiger charge is -2.07. The molecule has 2 nitrogen and oxygen atoms in total. The Bertz CT molecular complexity index is 512. The molecule has 0 aliphatic carbocycles. The Balaban J connectivity index is 2.54. The van der Waals surface area contributed by atoms with Gasteiger partial charge in [-0.15, -0.1) is 0 Å². The van der Waals surface area contributed by atoms with Crippen LogP contribution in [0.1, 0.15) is 5.56 Å². The standard InChI is InChI=1S/C12H10Cl2N2/c13-11-2-1-8(5-12(11)14)10-3-4-16-7-9(10)6-15/h1-5,7H,6,15H2. The van der Waals surface area contributed by atoms with Crippen LogP contribution in [0.3, 0.4) is 0 Å². The fourth-order valence-electron chi connectivity index (χ4n) is 1.54. The molecule has 4 heteroatoms. The van der Waals surface area contributed by atoms with Crippen molar-refractivity contribution in [1.29, 1.82) is 0 Å². The van der Waals surface area contributed by atoms with Gasteiger partial charge in [-0.3, -0.25) is 4.98 Å². The molecule has 0 aliphatic rings. The molecule has 0 unspecified atom stereocenters. The molecule has 0 bridgehead atoms. The van der Waals surface area contributed by atoms with Crippen LogP contribution >= 0.6 is 23.2 Å². The first kappa shape index (κ1) is 11.4. The molecule has 2 rings (SSSR count). The first-order chi connectivity index (χ1) is 7.72. The van der Waals surface area contributed by atoms with Crippen LogP contribution in [-0.4, -0.2) is 4.98 Å². The molecule has 0 amide bonds. The molecule has 0 saturated heterocycles. The summed E-state index contributed by atoms with van der Waals surface area (Å²) >= 11 is 11.9. The van der Waals surface area contributed by atoms with Gasteiger partial charge in [-0.1, -0.05) is 29.3 Å². The Morgan fingerprint density at radius 1 is 1.12 bits per heavy atom. The van der Waals surface area contributed by atoms with Gasteiger partial charge in [-0.05, 0) is 34.9 Å². The van der Waals surface area contributed by atoms with Crippen LogP contribution in [-0.2, 0) is 6.54 Å². The van der Waals surface area contributed by atoms with Gasteiger partial charge in [0.2, 0.25) is 0 Å². The van der Waals surface area contributed by atoms with Gasteiger partial charge < -0.3 is 5.73 Å². The van der Waals surface area contributed by atoms with E-state index in [2.05, 4.69) is 4.98 Å². The highest BCUT2D eigenvalue weighted by Gasteiger charge is 2.05. The van der Waals surface area contributed by atoms with Gasteiger partial charge >= 0.3 is 0 Å². The van der Waals surface area contributed by atoms with Crippen molar-refractivity contribution in [3.63, 3.8) is 0 Å². The maximum absolute atomic E-state index is 5.98. The highest BCUT2D eigenvalue weighted by molar-refractivity contribution is 6.42. The van der Waals surface area contributed by atoms with E-state index >= 15 is 0 Å². The number of benzene rings is 1. The molecule has 0 spiro atoms. The molecule has 0 atom stereocenters. The fraction of sp³-hybridized carbons (Fsp3) is 0.0833. The molecule has 0 saturated carbocycles. The lowest BCUT2D eigenvalue weighted by atomic mass is 10.0. The summed E-state index contributed by atoms with van der Waals surface area (Å²) in [5.74, 6) is 0. The minimum absolute atomic E-state index is 0.448. The zero-order chi connectivity index (χ0) is 11.5. The molecule has 0 aliphatic heterocycles. The summed E-state index contributed by atoms with van der Waals surface area (Å²) in [5, 5.41) is 1.09. The lowest BCUT2D eigenvalue weighted by molar-refractivity contribution is 1.05. The van der Waals surface area contributed by atoms with E-state index in [1.807, 2.05) is 18.2 Å². The van der Waals surface area contributed by atoms with Crippen LogP contribution in [0.25, 0.3) is 11.1 Å². The summed E-state index contributed by atoms with van der Waals surface area (Å²) in [6, 6.07) is 7.45. The van der Waals surface area contributed by atoms with Gasteiger partial charge in [0, 0.05) is 18.9 Å². The van der Waals surface area contributed by atoms with E-state index in [1.165, 1.54) is 0 Å². The third kappa shape index (κ3) is 2.19. The number of rotatable bonds is 2. The number of nitrogens with zero attached hydrogens (tertiary/aromatic N) is 1. The predicted molar refractivity (Wildman–Crippen MR) is 67.6 cm³/mol. The van der Waals surface area contributed by atoms with Crippen molar-refractivity contribution >= 4 is 23.2 Å². The van der Waals surface area contributed by atoms with Crippen molar-refractivity contribution in [1.82, 2.24) is 4.98 Å². The van der Waals surface area contributed by atoms with Crippen LogP contribution in [0.4, 0.5) is 0 Å². The number of nitrogens with two attached hydrogens (primary N) is 1. The fourth-order valence-corrected chi connectivity index (χ4v) is 1.83. The zero-order valence-electron chi connectivity index (χ0n) is 8.45. The average molecular weight is 253 g/mol. The van der Waals surface area contributed by atoms with E-state index in [9.17, 15) is 0 Å². The minimum atomic E-state index is 0.448. The van der Waals surface area contributed by atoms with E-state index in [0.717, 1.165) is 16.7 Å². The van der Waals surface area contributed by atoms with E-state index in [4.69, 9.17) is 28.9 Å². The summed E-state index contributed by atoms with van der Waals surface area (Å²) in [6.45, 7) is 0.448. The van der Waals surface area contributed by atoms with Crippen molar-refractivity contribution in [2.45, 2.75) is 6.54 Å². The van der Waals surface area contributed by atoms with E-state index < -0.39 is 0 Å². The molecule has 0 radical (unpaired) electrons. The Morgan fingerprint density at radius 2 is 1.94 bits per heavy atom. The first-order valence-electron chi connectivity index (χ1n) is 4.80. The molecule has 82 valence electrons. The molecule has 1 heterocycles. The van der Waals surface area contributed by atoms with Crippen molar-refractivity contribution < 1.29 is 0 Å². The van der Waals surface area contributed by atoms with Crippen LogP contribution in [0.2, 0.25) is 10.0 Å². The number of aromatic nitrogens is 1. The van der Waals surface area contributed by atoms with Crippen LogP contribution in [0.15, 0.2) is 36.7 Å². The summed E-state index contributed by atoms with van der Waals surface area (Å²) in [6.07, 6.45) is 3.49. The Morgan fingerprint density at radius 3 is 2.62 bits per heavy atom. The average Bonchev–Trinajstić information content (AvgIpc) is 2.32. The van der Waals surface area contributed by atoms with E-state index in [1.54, 1.807) is 18.5 Å². The Labute approximate surface area is 104 Å². The van der Waals surface area contributed by atoms with Crippen molar-refractivity contribution in [3.8, 4) is 11.1 Å². The van der Waals surface area contributed by atoms with Gasteiger partial charge in [-0.2, -0.15) is 0 Å². The monoisotopic (exact) mass is 252 g/mol. The SMILES string of the molecule is NCc1cnccc1-c1ccc(Cl)c(Cl)c1. The summed E-state index contributed by atoms with van der Waals surface area (Å²) < 4.78 is 0. The van der Waals surface area contributed by atoms with Gasteiger partial charge in [0.15, 0.2) is 0 Å². The van der Waals surface area contributed by atoms with E-state index in [-0.39, 0.29) is 0 Å². The predicted octanol–water partition coefficient (Wildman–Crippen LogP) is 3.51. The molecular weight excluding hydrogens is 243 g/mol. The van der Waals surface area contributed by atoms with Crippen LogP contribution in [0.5, 0.6) is 0 Å². The molecule has 16 heavy (non-hydrogen) atoms. The molecule has 1 aromatic heterocycles. The summed E-state index contributed by atoms with van der Waals surface area (Å²) in [7, 11) is 0. The van der Waals surface area contributed by atoms with Gasteiger partial charge in [0.05, 0.1) is 10.0 Å². The molecule has 2 aromatic rings. The number of halogens is 2. The summed E-state index contributed by atoms with van der Waals surface area (Å²) in [5.41, 5.74) is 8.68. The largest absolute Gasteiger partial charge is 0.326 e. The quantitative estimate of drug-likeness (QED) is 0.889. The topological polar surface area (TPSA) is 38.9 Å².